The second-order valence-corrected chi connectivity index (χ2v) is 10.8. The summed E-state index contributed by atoms with van der Waals surface area (Å²) in [6.45, 7) is 2.15. The molecule has 1 fully saturated rings. The van der Waals surface area contributed by atoms with Gasteiger partial charge < -0.3 is 15.0 Å². The number of fused-ring (bicyclic) bond motifs is 1. The van der Waals surface area contributed by atoms with Crippen molar-refractivity contribution in [2.75, 3.05) is 7.11 Å². The van der Waals surface area contributed by atoms with Crippen molar-refractivity contribution < 1.29 is 14.3 Å². The molecule has 2 atom stereocenters. The lowest BCUT2D eigenvalue weighted by atomic mass is 9.83. The molecule has 1 saturated carbocycles. The van der Waals surface area contributed by atoms with Gasteiger partial charge in [-0.05, 0) is 72.9 Å². The summed E-state index contributed by atoms with van der Waals surface area (Å²) in [5, 5.41) is 5.27. The minimum atomic E-state index is -0.383. The first-order valence-corrected chi connectivity index (χ1v) is 14.1. The van der Waals surface area contributed by atoms with Crippen LogP contribution in [0.4, 0.5) is 0 Å². The molecule has 5 rings (SSSR count). The first-order chi connectivity index (χ1) is 18.5. The van der Waals surface area contributed by atoms with Gasteiger partial charge in [0.2, 0.25) is 0 Å². The number of methoxy groups -OCH3 is 1. The molecule has 2 amide bonds. The van der Waals surface area contributed by atoms with Crippen molar-refractivity contribution in [1.82, 2.24) is 20.2 Å². The number of carbonyl (C=O) groups is 2. The van der Waals surface area contributed by atoms with Crippen LogP contribution in [0.2, 0.25) is 0 Å². The maximum atomic E-state index is 14.0. The van der Waals surface area contributed by atoms with E-state index in [1.807, 2.05) is 23.1 Å². The van der Waals surface area contributed by atoms with Crippen molar-refractivity contribution in [3.63, 3.8) is 0 Å². The van der Waals surface area contributed by atoms with Gasteiger partial charge in [-0.25, -0.2) is 4.98 Å². The minimum absolute atomic E-state index is 0.0374. The second kappa shape index (κ2) is 11.4. The normalized spacial score (nSPS) is 18.7. The number of nitrogens with zero attached hydrogens (tertiary/aromatic N) is 3. The average Bonchev–Trinajstić information content (AvgIpc) is 3.42. The van der Waals surface area contributed by atoms with E-state index < -0.39 is 0 Å². The molecule has 2 aliphatic rings. The molecule has 8 heteroatoms. The van der Waals surface area contributed by atoms with Gasteiger partial charge in [-0.1, -0.05) is 31.9 Å². The zero-order valence-corrected chi connectivity index (χ0v) is 22.6. The molecule has 1 aliphatic carbocycles. The molecule has 3 aromatic rings. The average molecular weight is 529 g/mol. The van der Waals surface area contributed by atoms with Gasteiger partial charge in [-0.2, -0.15) is 0 Å². The summed E-state index contributed by atoms with van der Waals surface area (Å²) in [6.07, 6.45) is 14.0. The van der Waals surface area contributed by atoms with Gasteiger partial charge in [-0.3, -0.25) is 14.6 Å². The van der Waals surface area contributed by atoms with E-state index >= 15 is 0 Å². The lowest BCUT2D eigenvalue weighted by Gasteiger charge is -2.43. The van der Waals surface area contributed by atoms with Gasteiger partial charge in [0.25, 0.3) is 11.8 Å². The van der Waals surface area contributed by atoms with Crippen LogP contribution in [0.5, 0.6) is 5.75 Å². The van der Waals surface area contributed by atoms with Crippen LogP contribution in [0.25, 0.3) is 0 Å². The Morgan fingerprint density at radius 1 is 1.24 bits per heavy atom. The molecule has 0 saturated heterocycles. The van der Waals surface area contributed by atoms with Crippen LogP contribution in [-0.2, 0) is 6.42 Å². The molecule has 196 valence electrons. The fraction of sp³-hybridized carbons (Fsp3) is 0.400. The lowest BCUT2D eigenvalue weighted by Crippen LogP contribution is -2.48. The predicted octanol–water partition coefficient (Wildman–Crippen LogP) is 5.16. The third kappa shape index (κ3) is 5.16. The Bertz CT molecular complexity index is 1360. The molecule has 0 unspecified atom stereocenters. The summed E-state index contributed by atoms with van der Waals surface area (Å²) < 4.78 is 5.52. The third-order valence-electron chi connectivity index (χ3n) is 7.52. The Morgan fingerprint density at radius 2 is 2.08 bits per heavy atom. The predicted molar refractivity (Wildman–Crippen MR) is 147 cm³/mol. The number of nitrogens with one attached hydrogen (secondary N) is 1. The van der Waals surface area contributed by atoms with Crippen molar-refractivity contribution in [2.24, 2.45) is 0 Å². The number of benzene rings is 1. The highest BCUT2D eigenvalue weighted by atomic mass is 32.1. The fourth-order valence-electron chi connectivity index (χ4n) is 5.25. The van der Waals surface area contributed by atoms with Crippen molar-refractivity contribution in [3.05, 3.63) is 75.0 Å². The van der Waals surface area contributed by atoms with Crippen LogP contribution in [0.3, 0.4) is 0 Å². The highest BCUT2D eigenvalue weighted by molar-refractivity contribution is 7.10. The fourth-order valence-corrected chi connectivity index (χ4v) is 5.85. The Morgan fingerprint density at radius 3 is 2.71 bits per heavy atom. The quantitative estimate of drug-likeness (QED) is 0.409. The number of aromatic nitrogens is 2. The van der Waals surface area contributed by atoms with Crippen molar-refractivity contribution >= 4 is 23.2 Å². The molecule has 1 aromatic carbocycles. The van der Waals surface area contributed by atoms with E-state index in [4.69, 9.17) is 11.2 Å². The van der Waals surface area contributed by atoms with Crippen molar-refractivity contribution in [3.8, 4) is 18.1 Å². The first-order valence-electron chi connectivity index (χ1n) is 13.2. The molecule has 3 heterocycles. The van der Waals surface area contributed by atoms with Crippen LogP contribution in [0.15, 0.2) is 41.9 Å². The van der Waals surface area contributed by atoms with Gasteiger partial charge in [0.1, 0.15) is 17.1 Å². The molecular weight excluding hydrogens is 496 g/mol. The number of hydrogen-bond donors (Lipinski definition) is 1. The Labute approximate surface area is 227 Å². The second-order valence-electron chi connectivity index (χ2n) is 9.94. The first kappa shape index (κ1) is 25.9. The van der Waals surface area contributed by atoms with Crippen LogP contribution in [0.1, 0.15) is 94.2 Å². The van der Waals surface area contributed by atoms with Crippen LogP contribution in [-0.4, -0.2) is 45.9 Å². The summed E-state index contributed by atoms with van der Waals surface area (Å²) >= 11 is 1.30. The smallest absolute Gasteiger partial charge is 0.274 e. The highest BCUT2D eigenvalue weighted by Crippen LogP contribution is 2.41. The summed E-state index contributed by atoms with van der Waals surface area (Å²) in [5.74, 6) is 3.01. The zero-order chi connectivity index (χ0) is 26.6. The van der Waals surface area contributed by atoms with E-state index in [2.05, 4.69) is 34.2 Å². The number of hydrogen-bond acceptors (Lipinski definition) is 6. The largest absolute Gasteiger partial charge is 0.497 e. The Kier molecular flexibility index (Phi) is 7.75. The van der Waals surface area contributed by atoms with Gasteiger partial charge in [-0.15, -0.1) is 17.8 Å². The summed E-state index contributed by atoms with van der Waals surface area (Å²) in [4.78, 5) is 37.6. The molecule has 2 aromatic heterocycles. The van der Waals surface area contributed by atoms with E-state index in [0.717, 1.165) is 67.4 Å². The number of thiazole rings is 1. The van der Waals surface area contributed by atoms with E-state index in [1.165, 1.54) is 11.3 Å². The summed E-state index contributed by atoms with van der Waals surface area (Å²) in [6, 6.07) is 9.50. The van der Waals surface area contributed by atoms with Gasteiger partial charge in [0.05, 0.1) is 13.2 Å². The van der Waals surface area contributed by atoms with Crippen LogP contribution in [0, 0.1) is 12.3 Å². The van der Waals surface area contributed by atoms with Gasteiger partial charge in [0.15, 0.2) is 5.01 Å². The Balaban J connectivity index is 1.56. The van der Waals surface area contributed by atoms with Crippen molar-refractivity contribution in [2.45, 2.75) is 70.0 Å². The molecular formula is C30H32N4O3S. The maximum absolute atomic E-state index is 14.0. The van der Waals surface area contributed by atoms with Gasteiger partial charge >= 0.3 is 0 Å². The zero-order valence-electron chi connectivity index (χ0n) is 21.8. The summed E-state index contributed by atoms with van der Waals surface area (Å²) in [7, 11) is 1.66. The molecule has 0 radical (unpaired) electrons. The van der Waals surface area contributed by atoms with Crippen LogP contribution < -0.4 is 10.1 Å². The van der Waals surface area contributed by atoms with Crippen molar-refractivity contribution in [1.29, 1.82) is 0 Å². The molecule has 1 aliphatic heterocycles. The monoisotopic (exact) mass is 528 g/mol. The van der Waals surface area contributed by atoms with E-state index in [-0.39, 0.29) is 29.9 Å². The third-order valence-corrected chi connectivity index (χ3v) is 8.29. The molecule has 0 spiro atoms. The van der Waals surface area contributed by atoms with E-state index in [1.54, 1.807) is 24.8 Å². The number of amides is 2. The Hall–Kier alpha value is -3.70. The maximum Gasteiger partial charge on any atom is 0.274 e. The van der Waals surface area contributed by atoms with Gasteiger partial charge in [0, 0.05) is 23.7 Å². The highest BCUT2D eigenvalue weighted by Gasteiger charge is 2.39. The number of pyridine rings is 1. The SMILES string of the molecule is C#Cc1nc(C(=O)N2[C@@H](CCCC)Cc3cc(OC)ccc3[C@@H]2c2ccc(C(=O)NC3CCC3)nc2)cs1. The molecule has 38 heavy (non-hydrogen) atoms. The number of unbranched alkanes of at least 4 members (excludes halogenated alkanes) is 1. The molecule has 0 bridgehead atoms. The standard InChI is InChI=1S/C30H32N4O3S/c1-4-6-10-22-15-20-16-23(37-3)12-13-24(20)28(34(22)30(36)26-18-38-27(5-2)33-26)19-11-14-25(31-17-19)29(35)32-21-8-7-9-21/h2,11-14,16-18,21-22,28H,4,6-10,15H2,1,3H3,(H,32,35)/t22-,28-/m0/s1. The van der Waals surface area contributed by atoms with Crippen LogP contribution >= 0.6 is 11.3 Å². The van der Waals surface area contributed by atoms with E-state index in [0.29, 0.717) is 16.4 Å². The lowest BCUT2D eigenvalue weighted by molar-refractivity contribution is 0.0560. The minimum Gasteiger partial charge on any atom is -0.497 e. The molecule has 1 N–H and O–H groups in total. The summed E-state index contributed by atoms with van der Waals surface area (Å²) in [5.41, 5.74) is 3.75. The number of rotatable bonds is 8. The topological polar surface area (TPSA) is 84.4 Å². The number of carbonyl (C=O) groups excluding carboxylic acids is 2. The number of terminal acetylenes is 1. The number of ether oxygens (including phenoxy) is 1. The molecule has 7 nitrogen and oxygen atoms in total. The van der Waals surface area contributed by atoms with E-state index in [9.17, 15) is 9.59 Å².